The van der Waals surface area contributed by atoms with Gasteiger partial charge in [-0.05, 0) is 44.4 Å². The standard InChI is InChI=1S/C14H27NO/c1-4-13(11(2)3)15-12-6-9-16-14(10-12)7-5-8-14/h11-13,15H,4-10H2,1-3H3. The summed E-state index contributed by atoms with van der Waals surface area (Å²) in [5.41, 5.74) is 0.283. The van der Waals surface area contributed by atoms with Crippen molar-refractivity contribution < 1.29 is 4.74 Å². The fraction of sp³-hybridized carbons (Fsp3) is 1.00. The Labute approximate surface area is 100 Å². The summed E-state index contributed by atoms with van der Waals surface area (Å²) < 4.78 is 5.97. The van der Waals surface area contributed by atoms with Crippen LogP contribution in [0.15, 0.2) is 0 Å². The van der Waals surface area contributed by atoms with Crippen molar-refractivity contribution in [1.82, 2.24) is 5.32 Å². The Morgan fingerprint density at radius 2 is 2.12 bits per heavy atom. The summed E-state index contributed by atoms with van der Waals surface area (Å²) in [5.74, 6) is 0.741. The van der Waals surface area contributed by atoms with Crippen LogP contribution >= 0.6 is 0 Å². The number of hydrogen-bond acceptors (Lipinski definition) is 2. The smallest absolute Gasteiger partial charge is 0.0697 e. The first-order valence-corrected chi connectivity index (χ1v) is 7.05. The van der Waals surface area contributed by atoms with Gasteiger partial charge in [0.15, 0.2) is 0 Å². The summed E-state index contributed by atoms with van der Waals surface area (Å²) in [6.07, 6.45) is 7.64. The monoisotopic (exact) mass is 225 g/mol. The molecule has 1 aliphatic heterocycles. The molecule has 1 N–H and O–H groups in total. The average Bonchev–Trinajstić information content (AvgIpc) is 2.23. The molecule has 1 saturated heterocycles. The van der Waals surface area contributed by atoms with Gasteiger partial charge in [-0.1, -0.05) is 20.8 Å². The second-order valence-corrected chi connectivity index (χ2v) is 6.00. The molecule has 0 aromatic heterocycles. The Kier molecular flexibility index (Phi) is 3.91. The molecule has 2 nitrogen and oxygen atoms in total. The van der Waals surface area contributed by atoms with E-state index in [2.05, 4.69) is 26.1 Å². The van der Waals surface area contributed by atoms with E-state index in [4.69, 9.17) is 4.74 Å². The molecule has 16 heavy (non-hydrogen) atoms. The third-order valence-electron chi connectivity index (χ3n) is 4.45. The first kappa shape index (κ1) is 12.4. The number of hydrogen-bond donors (Lipinski definition) is 1. The predicted octanol–water partition coefficient (Wildman–Crippen LogP) is 3.11. The SMILES string of the molecule is CCC(NC1CCOC2(CCC2)C1)C(C)C. The predicted molar refractivity (Wildman–Crippen MR) is 67.6 cm³/mol. The summed E-state index contributed by atoms with van der Waals surface area (Å²) in [6, 6.07) is 1.38. The maximum Gasteiger partial charge on any atom is 0.0697 e. The highest BCUT2D eigenvalue weighted by Crippen LogP contribution is 2.42. The minimum atomic E-state index is 0.283. The van der Waals surface area contributed by atoms with Gasteiger partial charge >= 0.3 is 0 Å². The third kappa shape index (κ3) is 2.60. The molecule has 0 aromatic rings. The van der Waals surface area contributed by atoms with E-state index in [1.54, 1.807) is 0 Å². The van der Waals surface area contributed by atoms with Crippen molar-refractivity contribution in [2.45, 2.75) is 77.0 Å². The molecule has 0 radical (unpaired) electrons. The van der Waals surface area contributed by atoms with Crippen LogP contribution in [0, 0.1) is 5.92 Å². The molecule has 0 aromatic carbocycles. The Hall–Kier alpha value is -0.0800. The first-order chi connectivity index (χ1) is 7.65. The van der Waals surface area contributed by atoms with Crippen LogP contribution in [-0.4, -0.2) is 24.3 Å². The largest absolute Gasteiger partial charge is 0.375 e. The summed E-state index contributed by atoms with van der Waals surface area (Å²) in [4.78, 5) is 0. The molecule has 0 bridgehead atoms. The van der Waals surface area contributed by atoms with E-state index < -0.39 is 0 Å². The first-order valence-electron chi connectivity index (χ1n) is 7.05. The molecule has 2 unspecified atom stereocenters. The highest BCUT2D eigenvalue weighted by molar-refractivity contribution is 4.96. The molecule has 2 atom stereocenters. The highest BCUT2D eigenvalue weighted by Gasteiger charge is 2.42. The van der Waals surface area contributed by atoms with Gasteiger partial charge in [0.2, 0.25) is 0 Å². The number of nitrogens with one attached hydrogen (secondary N) is 1. The van der Waals surface area contributed by atoms with Gasteiger partial charge in [-0.25, -0.2) is 0 Å². The van der Waals surface area contributed by atoms with Crippen LogP contribution in [-0.2, 0) is 4.74 Å². The molecule has 2 rings (SSSR count). The van der Waals surface area contributed by atoms with Crippen LogP contribution in [0.25, 0.3) is 0 Å². The van der Waals surface area contributed by atoms with Gasteiger partial charge in [0.25, 0.3) is 0 Å². The van der Waals surface area contributed by atoms with E-state index in [0.717, 1.165) is 12.5 Å². The second kappa shape index (κ2) is 5.05. The Morgan fingerprint density at radius 3 is 2.62 bits per heavy atom. The Bertz CT molecular complexity index is 223. The molecule has 2 heteroatoms. The maximum absolute atomic E-state index is 5.97. The van der Waals surface area contributed by atoms with Crippen molar-refractivity contribution in [3.63, 3.8) is 0 Å². The summed E-state index contributed by atoms with van der Waals surface area (Å²) >= 11 is 0. The maximum atomic E-state index is 5.97. The van der Waals surface area contributed by atoms with Crippen LogP contribution < -0.4 is 5.32 Å². The molecular formula is C14H27NO. The van der Waals surface area contributed by atoms with Crippen LogP contribution in [0.3, 0.4) is 0 Å². The van der Waals surface area contributed by atoms with E-state index in [9.17, 15) is 0 Å². The van der Waals surface area contributed by atoms with Crippen LogP contribution in [0.2, 0.25) is 0 Å². The van der Waals surface area contributed by atoms with Crippen molar-refractivity contribution in [2.24, 2.45) is 5.92 Å². The number of rotatable bonds is 4. The zero-order chi connectivity index (χ0) is 11.6. The summed E-state index contributed by atoms with van der Waals surface area (Å²) in [7, 11) is 0. The minimum Gasteiger partial charge on any atom is -0.375 e. The van der Waals surface area contributed by atoms with Crippen LogP contribution in [0.4, 0.5) is 0 Å². The lowest BCUT2D eigenvalue weighted by atomic mass is 9.73. The average molecular weight is 225 g/mol. The van der Waals surface area contributed by atoms with Gasteiger partial charge in [-0.2, -0.15) is 0 Å². The summed E-state index contributed by atoms with van der Waals surface area (Å²) in [5, 5.41) is 3.85. The minimum absolute atomic E-state index is 0.283. The van der Waals surface area contributed by atoms with Gasteiger partial charge in [-0.3, -0.25) is 0 Å². The Morgan fingerprint density at radius 1 is 1.38 bits per heavy atom. The van der Waals surface area contributed by atoms with Crippen LogP contribution in [0.1, 0.15) is 59.3 Å². The fourth-order valence-electron chi connectivity index (χ4n) is 3.17. The zero-order valence-corrected chi connectivity index (χ0v) is 11.1. The topological polar surface area (TPSA) is 21.3 Å². The molecule has 1 saturated carbocycles. The van der Waals surface area contributed by atoms with Gasteiger partial charge in [-0.15, -0.1) is 0 Å². The van der Waals surface area contributed by atoms with Crippen molar-refractivity contribution in [1.29, 1.82) is 0 Å². The Balaban J connectivity index is 1.84. The van der Waals surface area contributed by atoms with E-state index in [0.29, 0.717) is 12.1 Å². The number of ether oxygens (including phenoxy) is 1. The van der Waals surface area contributed by atoms with Gasteiger partial charge in [0.1, 0.15) is 0 Å². The molecule has 0 amide bonds. The lowest BCUT2D eigenvalue weighted by molar-refractivity contribution is -0.136. The lowest BCUT2D eigenvalue weighted by Crippen LogP contribution is -2.53. The van der Waals surface area contributed by atoms with Crippen LogP contribution in [0.5, 0.6) is 0 Å². The highest BCUT2D eigenvalue weighted by atomic mass is 16.5. The zero-order valence-electron chi connectivity index (χ0n) is 11.1. The van der Waals surface area contributed by atoms with Crippen molar-refractivity contribution in [3.8, 4) is 0 Å². The molecule has 1 aliphatic carbocycles. The molecule has 1 spiro atoms. The van der Waals surface area contributed by atoms with E-state index in [1.165, 1.54) is 38.5 Å². The van der Waals surface area contributed by atoms with E-state index >= 15 is 0 Å². The van der Waals surface area contributed by atoms with Gasteiger partial charge < -0.3 is 10.1 Å². The van der Waals surface area contributed by atoms with Gasteiger partial charge in [0, 0.05) is 18.7 Å². The van der Waals surface area contributed by atoms with Crippen molar-refractivity contribution in [3.05, 3.63) is 0 Å². The van der Waals surface area contributed by atoms with Crippen molar-refractivity contribution in [2.75, 3.05) is 6.61 Å². The molecule has 1 heterocycles. The van der Waals surface area contributed by atoms with E-state index in [-0.39, 0.29) is 5.60 Å². The fourth-order valence-corrected chi connectivity index (χ4v) is 3.17. The van der Waals surface area contributed by atoms with E-state index in [1.807, 2.05) is 0 Å². The lowest BCUT2D eigenvalue weighted by Gasteiger charge is -2.48. The third-order valence-corrected chi connectivity index (χ3v) is 4.45. The van der Waals surface area contributed by atoms with Crippen molar-refractivity contribution >= 4 is 0 Å². The quantitative estimate of drug-likeness (QED) is 0.794. The molecular weight excluding hydrogens is 198 g/mol. The second-order valence-electron chi connectivity index (χ2n) is 6.00. The molecule has 2 aliphatic rings. The molecule has 94 valence electrons. The molecule has 2 fully saturated rings. The summed E-state index contributed by atoms with van der Waals surface area (Å²) in [6.45, 7) is 7.89. The van der Waals surface area contributed by atoms with Gasteiger partial charge in [0.05, 0.1) is 5.60 Å². The normalized spacial score (nSPS) is 30.4.